The van der Waals surface area contributed by atoms with Gasteiger partial charge in [0.2, 0.25) is 0 Å². The Morgan fingerprint density at radius 2 is 2.38 bits per heavy atom. The van der Waals surface area contributed by atoms with Crippen LogP contribution in [0.2, 0.25) is 0 Å². The third-order valence-electron chi connectivity index (χ3n) is 2.15. The summed E-state index contributed by atoms with van der Waals surface area (Å²) in [5.41, 5.74) is 9.79. The molecule has 2 rings (SSSR count). The Morgan fingerprint density at radius 3 is 3.12 bits per heavy atom. The van der Waals surface area contributed by atoms with E-state index in [4.69, 9.17) is 22.7 Å². The van der Waals surface area contributed by atoms with E-state index in [9.17, 15) is 0 Å². The second-order valence-corrected chi connectivity index (χ2v) is 4.63. The van der Waals surface area contributed by atoms with E-state index >= 15 is 0 Å². The molecule has 0 spiro atoms. The van der Waals surface area contributed by atoms with Crippen molar-refractivity contribution < 1.29 is 4.74 Å². The van der Waals surface area contributed by atoms with E-state index in [2.05, 4.69) is 26.5 Å². The van der Waals surface area contributed by atoms with Crippen LogP contribution in [0.15, 0.2) is 27.8 Å². The van der Waals surface area contributed by atoms with Gasteiger partial charge in [0, 0.05) is 16.5 Å². The number of nitrogens with two attached hydrogens (primary N) is 1. The molecule has 0 saturated heterocycles. The summed E-state index contributed by atoms with van der Waals surface area (Å²) < 4.78 is 6.51. The summed E-state index contributed by atoms with van der Waals surface area (Å²) in [6, 6.07) is 5.81. The Labute approximate surface area is 107 Å². The highest BCUT2D eigenvalue weighted by molar-refractivity contribution is 9.10. The molecule has 84 valence electrons. The predicted octanol–water partition coefficient (Wildman–Crippen LogP) is 1.77. The molecule has 0 aromatic heterocycles. The molecule has 6 heteroatoms. The van der Waals surface area contributed by atoms with Gasteiger partial charge in [-0.15, -0.1) is 0 Å². The molecule has 1 aromatic rings. The first kappa shape index (κ1) is 11.3. The third-order valence-corrected chi connectivity index (χ3v) is 2.73. The highest BCUT2D eigenvalue weighted by Crippen LogP contribution is 2.27. The van der Waals surface area contributed by atoms with Crippen molar-refractivity contribution in [2.75, 3.05) is 6.61 Å². The summed E-state index contributed by atoms with van der Waals surface area (Å²) in [6.07, 6.45) is 0.735. The maximum atomic E-state index is 5.52. The molecular weight excluding hydrogens is 290 g/mol. The highest BCUT2D eigenvalue weighted by Gasteiger charge is 2.16. The fourth-order valence-corrected chi connectivity index (χ4v) is 1.89. The first-order valence-corrected chi connectivity index (χ1v) is 5.91. The standard InChI is InChI=1S/C10H10BrN3OS/c11-6-1-2-9-7(5-6)8(3-4-15-9)13-14-10(12)16/h1-2,5H,3-4H2,(H3,12,14,16)/b13-8-. The van der Waals surface area contributed by atoms with E-state index < -0.39 is 0 Å². The smallest absolute Gasteiger partial charge is 0.184 e. The number of nitrogens with one attached hydrogen (secondary N) is 1. The number of rotatable bonds is 1. The lowest BCUT2D eigenvalue weighted by Crippen LogP contribution is -2.27. The van der Waals surface area contributed by atoms with Crippen molar-refractivity contribution in [2.45, 2.75) is 6.42 Å². The van der Waals surface area contributed by atoms with Gasteiger partial charge in [0.15, 0.2) is 5.11 Å². The van der Waals surface area contributed by atoms with Crippen LogP contribution < -0.4 is 15.9 Å². The monoisotopic (exact) mass is 299 g/mol. The van der Waals surface area contributed by atoms with E-state index in [-0.39, 0.29) is 5.11 Å². The van der Waals surface area contributed by atoms with Gasteiger partial charge < -0.3 is 10.5 Å². The van der Waals surface area contributed by atoms with Crippen LogP contribution >= 0.6 is 28.1 Å². The third kappa shape index (κ3) is 2.51. The first-order valence-electron chi connectivity index (χ1n) is 4.71. The van der Waals surface area contributed by atoms with Gasteiger partial charge in [-0.1, -0.05) is 15.9 Å². The van der Waals surface area contributed by atoms with Gasteiger partial charge in [-0.2, -0.15) is 5.10 Å². The molecule has 0 radical (unpaired) electrons. The summed E-state index contributed by atoms with van der Waals surface area (Å²) in [6.45, 7) is 0.618. The van der Waals surface area contributed by atoms with Crippen molar-refractivity contribution in [2.24, 2.45) is 10.8 Å². The Bertz CT molecular complexity index is 461. The molecule has 0 saturated carbocycles. The van der Waals surface area contributed by atoms with Gasteiger partial charge in [0.25, 0.3) is 0 Å². The first-order chi connectivity index (χ1) is 7.66. The molecule has 3 N–H and O–H groups in total. The number of hydrazone groups is 1. The van der Waals surface area contributed by atoms with Crippen LogP contribution in [0.25, 0.3) is 0 Å². The summed E-state index contributed by atoms with van der Waals surface area (Å²) >= 11 is 8.12. The maximum Gasteiger partial charge on any atom is 0.184 e. The van der Waals surface area contributed by atoms with Crippen molar-refractivity contribution >= 4 is 39.0 Å². The molecule has 1 aliphatic heterocycles. The molecule has 1 aromatic carbocycles. The normalized spacial score (nSPS) is 16.4. The molecule has 0 bridgehead atoms. The van der Waals surface area contributed by atoms with Crippen LogP contribution in [-0.2, 0) is 0 Å². The summed E-state index contributed by atoms with van der Waals surface area (Å²) in [7, 11) is 0. The van der Waals surface area contributed by atoms with E-state index in [1.54, 1.807) is 0 Å². The predicted molar refractivity (Wildman–Crippen MR) is 70.7 cm³/mol. The van der Waals surface area contributed by atoms with Gasteiger partial charge >= 0.3 is 0 Å². The zero-order valence-electron chi connectivity index (χ0n) is 8.37. The lowest BCUT2D eigenvalue weighted by Gasteiger charge is -2.19. The van der Waals surface area contributed by atoms with Crippen molar-refractivity contribution in [3.05, 3.63) is 28.2 Å². The number of fused-ring (bicyclic) bond motifs is 1. The quantitative estimate of drug-likeness (QED) is 0.613. The van der Waals surface area contributed by atoms with Crippen molar-refractivity contribution in [3.63, 3.8) is 0 Å². The lowest BCUT2D eigenvalue weighted by molar-refractivity contribution is 0.320. The second-order valence-electron chi connectivity index (χ2n) is 3.27. The minimum absolute atomic E-state index is 0.163. The molecule has 1 heterocycles. The molecule has 4 nitrogen and oxygen atoms in total. The van der Waals surface area contributed by atoms with Gasteiger partial charge in [-0.25, -0.2) is 0 Å². The number of ether oxygens (including phenoxy) is 1. The number of nitrogens with zero attached hydrogens (tertiary/aromatic N) is 1. The summed E-state index contributed by atoms with van der Waals surface area (Å²) in [5, 5.41) is 4.33. The number of hydrogen-bond acceptors (Lipinski definition) is 3. The Morgan fingerprint density at radius 1 is 1.56 bits per heavy atom. The van der Waals surface area contributed by atoms with Crippen LogP contribution in [0.5, 0.6) is 5.75 Å². The Hall–Kier alpha value is -1.14. The van der Waals surface area contributed by atoms with Crippen LogP contribution in [0.4, 0.5) is 0 Å². The van der Waals surface area contributed by atoms with Crippen molar-refractivity contribution in [1.29, 1.82) is 0 Å². The molecule has 0 fully saturated rings. The molecule has 1 aliphatic rings. The number of thiocarbonyl (C=S) groups is 1. The van der Waals surface area contributed by atoms with E-state index in [1.165, 1.54) is 0 Å². The maximum absolute atomic E-state index is 5.52. The van der Waals surface area contributed by atoms with E-state index in [0.717, 1.165) is 27.9 Å². The van der Waals surface area contributed by atoms with Crippen LogP contribution in [0.1, 0.15) is 12.0 Å². The zero-order valence-corrected chi connectivity index (χ0v) is 10.8. The molecule has 16 heavy (non-hydrogen) atoms. The Kier molecular flexibility index (Phi) is 3.40. The summed E-state index contributed by atoms with van der Waals surface area (Å²) in [5.74, 6) is 0.831. The van der Waals surface area contributed by atoms with Crippen LogP contribution in [0.3, 0.4) is 0 Å². The van der Waals surface area contributed by atoms with Gasteiger partial charge in [-0.05, 0) is 30.4 Å². The molecule has 0 amide bonds. The van der Waals surface area contributed by atoms with Crippen molar-refractivity contribution in [1.82, 2.24) is 5.43 Å². The Balaban J connectivity index is 2.35. The second kappa shape index (κ2) is 4.80. The highest BCUT2D eigenvalue weighted by atomic mass is 79.9. The van der Waals surface area contributed by atoms with E-state index in [1.807, 2.05) is 18.2 Å². The molecule has 0 atom stereocenters. The lowest BCUT2D eigenvalue weighted by atomic mass is 10.0. The minimum Gasteiger partial charge on any atom is -0.492 e. The summed E-state index contributed by atoms with van der Waals surface area (Å²) in [4.78, 5) is 0. The SMILES string of the molecule is NC(=S)N/N=C1/CCOc2ccc(Br)cc21. The number of benzene rings is 1. The number of halogens is 1. The van der Waals surface area contributed by atoms with Gasteiger partial charge in [-0.3, -0.25) is 5.43 Å². The van der Waals surface area contributed by atoms with Crippen LogP contribution in [-0.4, -0.2) is 17.4 Å². The zero-order chi connectivity index (χ0) is 11.5. The molecule has 0 unspecified atom stereocenters. The van der Waals surface area contributed by atoms with Gasteiger partial charge in [0.05, 0.1) is 12.3 Å². The fourth-order valence-electron chi connectivity index (χ4n) is 1.48. The van der Waals surface area contributed by atoms with E-state index in [0.29, 0.717) is 6.61 Å². The van der Waals surface area contributed by atoms with Crippen molar-refractivity contribution in [3.8, 4) is 5.75 Å². The topological polar surface area (TPSA) is 59.6 Å². The van der Waals surface area contributed by atoms with Crippen LogP contribution in [0, 0.1) is 0 Å². The fraction of sp³-hybridized carbons (Fsp3) is 0.200. The largest absolute Gasteiger partial charge is 0.492 e. The average Bonchev–Trinajstić information content (AvgIpc) is 2.26. The van der Waals surface area contributed by atoms with Gasteiger partial charge in [0.1, 0.15) is 5.75 Å². The minimum atomic E-state index is 0.163. The number of hydrogen-bond donors (Lipinski definition) is 2. The molecule has 0 aliphatic carbocycles. The molecular formula is C10H10BrN3OS. The average molecular weight is 300 g/mol.